The fourth-order valence-corrected chi connectivity index (χ4v) is 2.04. The molecule has 0 spiro atoms. The summed E-state index contributed by atoms with van der Waals surface area (Å²) < 4.78 is 0. The molecule has 7 nitrogen and oxygen atoms in total. The molecule has 1 fully saturated rings. The number of aliphatic hydroxyl groups excluding tert-OH is 4. The Morgan fingerprint density at radius 3 is 2.06 bits per heavy atom. The van der Waals surface area contributed by atoms with Gasteiger partial charge in [-0.15, -0.1) is 0 Å². The van der Waals surface area contributed by atoms with Crippen LogP contribution in [0.5, 0.6) is 0 Å². The summed E-state index contributed by atoms with van der Waals surface area (Å²) in [6.45, 7) is 1.01. The maximum Gasteiger partial charge on any atom is 0.148 e. The van der Waals surface area contributed by atoms with Crippen molar-refractivity contribution in [1.29, 1.82) is 0 Å². The fourth-order valence-electron chi connectivity index (χ4n) is 2.04. The monoisotopic (exact) mass is 236 g/mol. The van der Waals surface area contributed by atoms with Gasteiger partial charge in [-0.05, 0) is 6.92 Å². The molecular formula is C9H16O7. The van der Waals surface area contributed by atoms with Crippen LogP contribution in [-0.2, 0) is 4.79 Å². The summed E-state index contributed by atoms with van der Waals surface area (Å²) in [4.78, 5) is 10.3. The van der Waals surface area contributed by atoms with E-state index in [2.05, 4.69) is 0 Å². The van der Waals surface area contributed by atoms with E-state index in [0.29, 0.717) is 0 Å². The molecule has 1 saturated carbocycles. The van der Waals surface area contributed by atoms with Gasteiger partial charge in [0.15, 0.2) is 0 Å². The highest BCUT2D eigenvalue weighted by Gasteiger charge is 2.66. The third-order valence-corrected chi connectivity index (χ3v) is 3.27. The van der Waals surface area contributed by atoms with E-state index < -0.39 is 42.0 Å². The van der Waals surface area contributed by atoms with Crippen LogP contribution in [0.1, 0.15) is 13.3 Å². The van der Waals surface area contributed by atoms with Crippen molar-refractivity contribution in [2.24, 2.45) is 0 Å². The average molecular weight is 236 g/mol. The van der Waals surface area contributed by atoms with Crippen LogP contribution in [0.15, 0.2) is 0 Å². The molecule has 0 aliphatic heterocycles. The average Bonchev–Trinajstić information content (AvgIpc) is 2.33. The van der Waals surface area contributed by atoms with Gasteiger partial charge in [0.25, 0.3) is 0 Å². The Morgan fingerprint density at radius 2 is 1.75 bits per heavy atom. The Morgan fingerprint density at radius 1 is 1.25 bits per heavy atom. The van der Waals surface area contributed by atoms with E-state index in [0.717, 1.165) is 6.92 Å². The molecule has 0 heterocycles. The van der Waals surface area contributed by atoms with Crippen molar-refractivity contribution in [2.75, 3.05) is 0 Å². The fraction of sp³-hybridized carbons (Fsp3) is 0.889. The lowest BCUT2D eigenvalue weighted by molar-refractivity contribution is -0.194. The summed E-state index contributed by atoms with van der Waals surface area (Å²) in [5.41, 5.74) is -4.58. The first-order valence-corrected chi connectivity index (χ1v) is 4.80. The van der Waals surface area contributed by atoms with Gasteiger partial charge >= 0.3 is 0 Å². The van der Waals surface area contributed by atoms with E-state index in [1.54, 1.807) is 0 Å². The third kappa shape index (κ3) is 1.65. The predicted molar refractivity (Wildman–Crippen MR) is 50.3 cm³/mol. The summed E-state index contributed by atoms with van der Waals surface area (Å²) >= 11 is 0. The van der Waals surface area contributed by atoms with Crippen LogP contribution < -0.4 is 0 Å². The summed E-state index contributed by atoms with van der Waals surface area (Å²) in [6, 6.07) is 0. The van der Waals surface area contributed by atoms with Crippen molar-refractivity contribution in [3.8, 4) is 0 Å². The van der Waals surface area contributed by atoms with Gasteiger partial charge in [0.1, 0.15) is 41.9 Å². The Bertz CT molecular complexity index is 279. The van der Waals surface area contributed by atoms with Crippen molar-refractivity contribution in [2.45, 2.75) is 49.0 Å². The van der Waals surface area contributed by atoms with E-state index in [9.17, 15) is 30.3 Å². The molecule has 7 heteroatoms. The van der Waals surface area contributed by atoms with Crippen LogP contribution in [0.25, 0.3) is 0 Å². The highest BCUT2D eigenvalue weighted by molar-refractivity contribution is 5.56. The quantitative estimate of drug-likeness (QED) is 0.280. The molecule has 1 aliphatic carbocycles. The lowest BCUT2D eigenvalue weighted by Crippen LogP contribution is -2.58. The van der Waals surface area contributed by atoms with Crippen LogP contribution in [0.4, 0.5) is 0 Å². The zero-order chi connectivity index (χ0) is 12.7. The molecule has 0 saturated heterocycles. The Hall–Kier alpha value is -0.570. The summed E-state index contributed by atoms with van der Waals surface area (Å²) in [6.07, 6.45) is -7.54. The van der Waals surface area contributed by atoms with E-state index in [4.69, 9.17) is 5.11 Å². The number of carbonyl (C=O) groups is 1. The highest BCUT2D eigenvalue weighted by atomic mass is 16.4. The lowest BCUT2D eigenvalue weighted by atomic mass is 9.81. The van der Waals surface area contributed by atoms with Crippen molar-refractivity contribution in [3.63, 3.8) is 0 Å². The summed E-state index contributed by atoms with van der Waals surface area (Å²) in [5.74, 6) is 0. The van der Waals surface area contributed by atoms with Gasteiger partial charge in [-0.3, -0.25) is 0 Å². The van der Waals surface area contributed by atoms with Gasteiger partial charge in [0.05, 0.1) is 0 Å². The first-order chi connectivity index (χ1) is 7.18. The number of hydrogen-bond acceptors (Lipinski definition) is 7. The summed E-state index contributed by atoms with van der Waals surface area (Å²) in [5, 5.41) is 57.2. The topological polar surface area (TPSA) is 138 Å². The second-order valence-electron chi connectivity index (χ2n) is 4.36. The SMILES string of the molecule is C[C@]1(O)[C@H](O)[C@@H](O)[C@H](O)[C@@]1(O)CC(O)C=O. The Balaban J connectivity index is 3.04. The first kappa shape index (κ1) is 13.5. The number of hydrogen-bond donors (Lipinski definition) is 6. The molecule has 0 aromatic rings. The normalized spacial score (nSPS) is 50.3. The largest absolute Gasteiger partial charge is 0.387 e. The van der Waals surface area contributed by atoms with Crippen LogP contribution in [-0.4, -0.2) is 72.5 Å². The maximum atomic E-state index is 10.3. The number of aliphatic hydroxyl groups is 6. The van der Waals surface area contributed by atoms with Crippen molar-refractivity contribution < 1.29 is 35.4 Å². The van der Waals surface area contributed by atoms with Crippen molar-refractivity contribution >= 4 is 6.29 Å². The van der Waals surface area contributed by atoms with Gasteiger partial charge in [0, 0.05) is 6.42 Å². The molecule has 1 aliphatic rings. The third-order valence-electron chi connectivity index (χ3n) is 3.27. The van der Waals surface area contributed by atoms with Crippen LogP contribution >= 0.6 is 0 Å². The number of rotatable bonds is 3. The van der Waals surface area contributed by atoms with Gasteiger partial charge in [-0.2, -0.15) is 0 Å². The van der Waals surface area contributed by atoms with E-state index >= 15 is 0 Å². The van der Waals surface area contributed by atoms with E-state index in [1.807, 2.05) is 0 Å². The van der Waals surface area contributed by atoms with Crippen LogP contribution in [0.2, 0.25) is 0 Å². The molecule has 1 rings (SSSR count). The molecule has 0 aromatic carbocycles. The van der Waals surface area contributed by atoms with Crippen molar-refractivity contribution in [3.05, 3.63) is 0 Å². The zero-order valence-electron chi connectivity index (χ0n) is 8.69. The molecule has 0 aromatic heterocycles. The summed E-state index contributed by atoms with van der Waals surface area (Å²) in [7, 11) is 0. The molecule has 0 radical (unpaired) electrons. The minimum atomic E-state index is -2.36. The molecule has 94 valence electrons. The number of aldehydes is 1. The van der Waals surface area contributed by atoms with Crippen LogP contribution in [0.3, 0.4) is 0 Å². The molecule has 16 heavy (non-hydrogen) atoms. The Kier molecular flexibility index (Phi) is 3.39. The number of carbonyl (C=O) groups excluding carboxylic acids is 1. The van der Waals surface area contributed by atoms with Gasteiger partial charge in [-0.25, -0.2) is 0 Å². The first-order valence-electron chi connectivity index (χ1n) is 4.80. The second kappa shape index (κ2) is 4.02. The van der Waals surface area contributed by atoms with Crippen LogP contribution in [0, 0.1) is 0 Å². The molecule has 6 atom stereocenters. The second-order valence-corrected chi connectivity index (χ2v) is 4.36. The molecule has 1 unspecified atom stereocenters. The minimum absolute atomic E-state index is 0.123. The zero-order valence-corrected chi connectivity index (χ0v) is 8.69. The van der Waals surface area contributed by atoms with Gasteiger partial charge < -0.3 is 35.4 Å². The van der Waals surface area contributed by atoms with Crippen molar-refractivity contribution in [1.82, 2.24) is 0 Å². The van der Waals surface area contributed by atoms with Gasteiger partial charge in [-0.1, -0.05) is 0 Å². The standard InChI is InChI=1S/C9H16O7/c1-8(15)6(13)5(12)7(14)9(8,16)2-4(11)3-10/h3-7,11-16H,2H2,1H3/t4?,5-,6-,7+,8+,9+/m1/s1. The van der Waals surface area contributed by atoms with E-state index in [-0.39, 0.29) is 6.29 Å². The van der Waals surface area contributed by atoms with Gasteiger partial charge in [0.2, 0.25) is 0 Å². The van der Waals surface area contributed by atoms with E-state index in [1.165, 1.54) is 0 Å². The molecule has 0 amide bonds. The molecule has 0 bridgehead atoms. The minimum Gasteiger partial charge on any atom is -0.387 e. The predicted octanol–water partition coefficient (Wildman–Crippen LogP) is -3.49. The maximum absolute atomic E-state index is 10.3. The molecular weight excluding hydrogens is 220 g/mol. The highest BCUT2D eigenvalue weighted by Crippen LogP contribution is 2.42. The Labute approximate surface area is 91.6 Å². The molecule has 6 N–H and O–H groups in total. The smallest absolute Gasteiger partial charge is 0.148 e. The lowest BCUT2D eigenvalue weighted by Gasteiger charge is -2.38.